The van der Waals surface area contributed by atoms with Crippen LogP contribution in [0.5, 0.6) is 0 Å². The second kappa shape index (κ2) is 5.17. The van der Waals surface area contributed by atoms with E-state index in [2.05, 4.69) is 12.2 Å². The highest BCUT2D eigenvalue weighted by molar-refractivity contribution is 6.07. The second-order valence-electron chi connectivity index (χ2n) is 6.43. The van der Waals surface area contributed by atoms with Crippen molar-refractivity contribution < 1.29 is 9.59 Å². The Morgan fingerprint density at radius 1 is 1.33 bits per heavy atom. The standard InChI is InChI=1S/C17H22N2O2/c1-12-6-5-8-14(10-12)11-19-15(20)17(18-16(19)21)9-4-3-7-13(17)2/h5-6,8,10,13H,3-4,7,9,11H2,1-2H3,(H,18,21). The van der Waals surface area contributed by atoms with Gasteiger partial charge in [-0.05, 0) is 31.2 Å². The normalized spacial score (nSPS) is 29.0. The van der Waals surface area contributed by atoms with Gasteiger partial charge in [-0.15, -0.1) is 0 Å². The van der Waals surface area contributed by atoms with Crippen LogP contribution in [0.1, 0.15) is 43.7 Å². The van der Waals surface area contributed by atoms with Gasteiger partial charge in [-0.1, -0.05) is 49.6 Å². The van der Waals surface area contributed by atoms with E-state index in [1.54, 1.807) is 0 Å². The van der Waals surface area contributed by atoms with Crippen molar-refractivity contribution in [1.29, 1.82) is 0 Å². The highest BCUT2D eigenvalue weighted by atomic mass is 16.2. The first-order valence-corrected chi connectivity index (χ1v) is 7.72. The third kappa shape index (κ3) is 2.33. The number of hydrogen-bond acceptors (Lipinski definition) is 2. The zero-order chi connectivity index (χ0) is 15.0. The molecule has 1 N–H and O–H groups in total. The van der Waals surface area contributed by atoms with Crippen molar-refractivity contribution in [1.82, 2.24) is 10.2 Å². The van der Waals surface area contributed by atoms with Crippen molar-refractivity contribution in [3.8, 4) is 0 Å². The van der Waals surface area contributed by atoms with Crippen LogP contribution >= 0.6 is 0 Å². The maximum atomic E-state index is 12.8. The lowest BCUT2D eigenvalue weighted by Gasteiger charge is -2.36. The summed E-state index contributed by atoms with van der Waals surface area (Å²) in [6.45, 7) is 4.45. The highest BCUT2D eigenvalue weighted by Crippen LogP contribution is 2.38. The number of carbonyl (C=O) groups is 2. The molecule has 1 saturated carbocycles. The van der Waals surface area contributed by atoms with Crippen LogP contribution in [0.15, 0.2) is 24.3 Å². The van der Waals surface area contributed by atoms with Crippen molar-refractivity contribution in [2.24, 2.45) is 5.92 Å². The third-order valence-corrected chi connectivity index (χ3v) is 4.92. The highest BCUT2D eigenvalue weighted by Gasteiger charge is 2.54. The van der Waals surface area contributed by atoms with Crippen LogP contribution in [0, 0.1) is 12.8 Å². The maximum Gasteiger partial charge on any atom is 0.325 e. The summed E-state index contributed by atoms with van der Waals surface area (Å²) >= 11 is 0. The van der Waals surface area contributed by atoms with E-state index >= 15 is 0 Å². The number of benzene rings is 1. The van der Waals surface area contributed by atoms with E-state index in [-0.39, 0.29) is 17.9 Å². The van der Waals surface area contributed by atoms with Crippen LogP contribution in [0.3, 0.4) is 0 Å². The molecule has 0 aromatic heterocycles. The van der Waals surface area contributed by atoms with Gasteiger partial charge in [-0.3, -0.25) is 9.69 Å². The van der Waals surface area contributed by atoms with E-state index in [1.165, 1.54) is 4.90 Å². The van der Waals surface area contributed by atoms with Gasteiger partial charge in [0.05, 0.1) is 6.54 Å². The SMILES string of the molecule is Cc1cccc(CN2C(=O)NC3(CCCCC3C)C2=O)c1. The zero-order valence-electron chi connectivity index (χ0n) is 12.7. The van der Waals surface area contributed by atoms with Gasteiger partial charge in [0.15, 0.2) is 0 Å². The first kappa shape index (κ1) is 14.1. The summed E-state index contributed by atoms with van der Waals surface area (Å²) in [4.78, 5) is 26.5. The summed E-state index contributed by atoms with van der Waals surface area (Å²) in [5.41, 5.74) is 1.48. The van der Waals surface area contributed by atoms with Crippen LogP contribution in [0.2, 0.25) is 0 Å². The Balaban J connectivity index is 1.84. The topological polar surface area (TPSA) is 49.4 Å². The van der Waals surface area contributed by atoms with Crippen molar-refractivity contribution in [2.75, 3.05) is 0 Å². The first-order chi connectivity index (χ1) is 10.0. The number of nitrogens with zero attached hydrogens (tertiary/aromatic N) is 1. The Morgan fingerprint density at radius 2 is 2.14 bits per heavy atom. The molecule has 1 aliphatic carbocycles. The lowest BCUT2D eigenvalue weighted by molar-refractivity contribution is -0.134. The fraction of sp³-hybridized carbons (Fsp3) is 0.529. The van der Waals surface area contributed by atoms with Crippen molar-refractivity contribution in [2.45, 2.75) is 51.6 Å². The zero-order valence-corrected chi connectivity index (χ0v) is 12.7. The van der Waals surface area contributed by atoms with E-state index in [4.69, 9.17) is 0 Å². The summed E-state index contributed by atoms with van der Waals surface area (Å²) in [5, 5.41) is 2.99. The number of amides is 3. The number of rotatable bonds is 2. The van der Waals surface area contributed by atoms with Gasteiger partial charge in [-0.25, -0.2) is 4.79 Å². The van der Waals surface area contributed by atoms with Gasteiger partial charge >= 0.3 is 6.03 Å². The molecule has 4 heteroatoms. The minimum atomic E-state index is -0.654. The molecular weight excluding hydrogens is 264 g/mol. The van der Waals surface area contributed by atoms with E-state index in [1.807, 2.05) is 31.2 Å². The minimum absolute atomic E-state index is 0.0405. The van der Waals surface area contributed by atoms with E-state index in [0.717, 1.165) is 36.8 Å². The number of carbonyl (C=O) groups excluding carboxylic acids is 2. The molecule has 1 heterocycles. The smallest absolute Gasteiger partial charge is 0.323 e. The van der Waals surface area contributed by atoms with Crippen LogP contribution in [-0.2, 0) is 11.3 Å². The van der Waals surface area contributed by atoms with Crippen LogP contribution < -0.4 is 5.32 Å². The van der Waals surface area contributed by atoms with Gasteiger partial charge in [-0.2, -0.15) is 0 Å². The molecule has 2 unspecified atom stereocenters. The Labute approximate surface area is 125 Å². The average Bonchev–Trinajstić information content (AvgIpc) is 2.68. The molecule has 2 fully saturated rings. The Bertz CT molecular complexity index is 584. The number of aryl methyl sites for hydroxylation is 1. The molecule has 3 rings (SSSR count). The summed E-state index contributed by atoms with van der Waals surface area (Å²) in [6.07, 6.45) is 3.92. The average molecular weight is 286 g/mol. The molecule has 3 amide bonds. The third-order valence-electron chi connectivity index (χ3n) is 4.92. The predicted octanol–water partition coefficient (Wildman–Crippen LogP) is 3.00. The molecule has 1 aromatic carbocycles. The molecule has 4 nitrogen and oxygen atoms in total. The quantitative estimate of drug-likeness (QED) is 0.850. The van der Waals surface area contributed by atoms with Gasteiger partial charge < -0.3 is 5.32 Å². The number of urea groups is 1. The second-order valence-corrected chi connectivity index (χ2v) is 6.43. The van der Waals surface area contributed by atoms with Crippen LogP contribution in [-0.4, -0.2) is 22.4 Å². The van der Waals surface area contributed by atoms with Crippen molar-refractivity contribution >= 4 is 11.9 Å². The Morgan fingerprint density at radius 3 is 2.86 bits per heavy atom. The summed E-state index contributed by atoms with van der Waals surface area (Å²) in [5.74, 6) is 0.173. The number of nitrogens with one attached hydrogen (secondary N) is 1. The van der Waals surface area contributed by atoms with Gasteiger partial charge in [0.25, 0.3) is 5.91 Å². The Hall–Kier alpha value is -1.84. The van der Waals surface area contributed by atoms with E-state index < -0.39 is 5.54 Å². The summed E-state index contributed by atoms with van der Waals surface area (Å²) < 4.78 is 0. The molecule has 112 valence electrons. The molecule has 1 spiro atoms. The predicted molar refractivity (Wildman–Crippen MR) is 80.6 cm³/mol. The molecule has 1 aromatic rings. The van der Waals surface area contributed by atoms with Gasteiger partial charge in [0.1, 0.15) is 5.54 Å². The van der Waals surface area contributed by atoms with E-state index in [0.29, 0.717) is 6.54 Å². The van der Waals surface area contributed by atoms with Crippen molar-refractivity contribution in [3.05, 3.63) is 35.4 Å². The monoisotopic (exact) mass is 286 g/mol. The maximum absolute atomic E-state index is 12.8. The van der Waals surface area contributed by atoms with Gasteiger partial charge in [0, 0.05) is 0 Å². The largest absolute Gasteiger partial charge is 0.325 e. The number of imide groups is 1. The van der Waals surface area contributed by atoms with Gasteiger partial charge in [0.2, 0.25) is 0 Å². The molecular formula is C17H22N2O2. The van der Waals surface area contributed by atoms with E-state index in [9.17, 15) is 9.59 Å². The molecule has 1 aliphatic heterocycles. The molecule has 1 saturated heterocycles. The fourth-order valence-corrected chi connectivity index (χ4v) is 3.63. The summed E-state index contributed by atoms with van der Waals surface area (Å²) in [7, 11) is 0. The first-order valence-electron chi connectivity index (χ1n) is 7.72. The number of hydrogen-bond donors (Lipinski definition) is 1. The summed E-state index contributed by atoms with van der Waals surface area (Å²) in [6, 6.07) is 7.72. The minimum Gasteiger partial charge on any atom is -0.323 e. The Kier molecular flexibility index (Phi) is 3.47. The lowest BCUT2D eigenvalue weighted by Crippen LogP contribution is -2.53. The molecule has 21 heavy (non-hydrogen) atoms. The molecule has 2 atom stereocenters. The van der Waals surface area contributed by atoms with Crippen LogP contribution in [0.25, 0.3) is 0 Å². The molecule has 2 aliphatic rings. The molecule has 0 bridgehead atoms. The van der Waals surface area contributed by atoms with Crippen LogP contribution in [0.4, 0.5) is 4.79 Å². The molecule has 0 radical (unpaired) electrons. The van der Waals surface area contributed by atoms with Crippen molar-refractivity contribution in [3.63, 3.8) is 0 Å². The fourth-order valence-electron chi connectivity index (χ4n) is 3.63. The lowest BCUT2D eigenvalue weighted by atomic mass is 9.73.